The average Bonchev–Trinajstić information content (AvgIpc) is 2.83. The second-order valence-electron chi connectivity index (χ2n) is 4.08. The number of rotatable bonds is 2. The van der Waals surface area contributed by atoms with Gasteiger partial charge in [-0.05, 0) is 18.2 Å². The number of nitrogens with zero attached hydrogens (tertiary/aromatic N) is 1. The molecule has 0 bridgehead atoms. The van der Waals surface area contributed by atoms with Crippen LogP contribution in [0.25, 0.3) is 22.3 Å². The number of hydrogen-bond donors (Lipinski definition) is 1. The van der Waals surface area contributed by atoms with Crippen LogP contribution in [0.1, 0.15) is 0 Å². The van der Waals surface area contributed by atoms with Crippen molar-refractivity contribution in [3.63, 3.8) is 0 Å². The maximum Gasteiger partial charge on any atom is 0.321 e. The summed E-state index contributed by atoms with van der Waals surface area (Å²) in [6.45, 7) is 0. The predicted molar refractivity (Wildman–Crippen MR) is 70.0 cm³/mol. The van der Waals surface area contributed by atoms with Crippen LogP contribution in [0.5, 0.6) is 5.75 Å². The van der Waals surface area contributed by atoms with Gasteiger partial charge in [0.1, 0.15) is 16.7 Å². The summed E-state index contributed by atoms with van der Waals surface area (Å²) in [5, 5.41) is 20.9. The molecular weight excluding hydrogens is 246 g/mol. The first-order chi connectivity index (χ1) is 9.16. The number of furan rings is 1. The summed E-state index contributed by atoms with van der Waals surface area (Å²) < 4.78 is 5.58. The SMILES string of the molecule is O=[N+]([O-])c1c(O)ccc2oc(-c3ccccc3)cc12. The third-order valence-electron chi connectivity index (χ3n) is 2.89. The van der Waals surface area contributed by atoms with Gasteiger partial charge in [-0.15, -0.1) is 0 Å². The molecule has 0 unspecified atom stereocenters. The molecule has 94 valence electrons. The molecule has 0 aliphatic carbocycles. The fraction of sp³-hybridized carbons (Fsp3) is 0. The molecule has 0 aliphatic heterocycles. The Kier molecular flexibility index (Phi) is 2.45. The average molecular weight is 255 g/mol. The molecule has 0 atom stereocenters. The van der Waals surface area contributed by atoms with Gasteiger partial charge in [0.2, 0.25) is 0 Å². The monoisotopic (exact) mass is 255 g/mol. The number of hydrogen-bond acceptors (Lipinski definition) is 4. The van der Waals surface area contributed by atoms with Crippen molar-refractivity contribution in [1.82, 2.24) is 0 Å². The van der Waals surface area contributed by atoms with Crippen LogP contribution in [0.3, 0.4) is 0 Å². The lowest BCUT2D eigenvalue weighted by Crippen LogP contribution is -1.88. The molecule has 0 aliphatic rings. The van der Waals surface area contributed by atoms with Gasteiger partial charge >= 0.3 is 5.69 Å². The van der Waals surface area contributed by atoms with E-state index < -0.39 is 4.92 Å². The zero-order chi connectivity index (χ0) is 13.4. The van der Waals surface area contributed by atoms with Crippen LogP contribution in [-0.4, -0.2) is 10.0 Å². The van der Waals surface area contributed by atoms with Gasteiger partial charge in [-0.2, -0.15) is 0 Å². The van der Waals surface area contributed by atoms with E-state index in [0.29, 0.717) is 16.7 Å². The topological polar surface area (TPSA) is 76.5 Å². The molecule has 1 aromatic heterocycles. The zero-order valence-corrected chi connectivity index (χ0v) is 9.74. The summed E-state index contributed by atoms with van der Waals surface area (Å²) in [7, 11) is 0. The van der Waals surface area contributed by atoms with E-state index in [2.05, 4.69) is 0 Å². The van der Waals surface area contributed by atoms with Gasteiger partial charge in [0.05, 0.1) is 4.92 Å². The molecule has 0 radical (unpaired) electrons. The number of phenols is 1. The lowest BCUT2D eigenvalue weighted by Gasteiger charge is -1.95. The molecule has 2 aromatic carbocycles. The van der Waals surface area contributed by atoms with Crippen LogP contribution in [0.4, 0.5) is 5.69 Å². The van der Waals surface area contributed by atoms with Crippen molar-refractivity contribution >= 4 is 16.7 Å². The Hall–Kier alpha value is -2.82. The van der Waals surface area contributed by atoms with Crippen molar-refractivity contribution in [3.05, 3.63) is 58.6 Å². The molecule has 19 heavy (non-hydrogen) atoms. The Labute approximate surface area is 107 Å². The van der Waals surface area contributed by atoms with E-state index in [1.807, 2.05) is 30.3 Å². The van der Waals surface area contributed by atoms with Crippen molar-refractivity contribution in [2.45, 2.75) is 0 Å². The minimum absolute atomic E-state index is 0.295. The highest BCUT2D eigenvalue weighted by molar-refractivity contribution is 5.93. The van der Waals surface area contributed by atoms with Crippen LogP contribution < -0.4 is 0 Å². The molecule has 5 heteroatoms. The van der Waals surface area contributed by atoms with Gasteiger partial charge in [-0.25, -0.2) is 0 Å². The first-order valence-electron chi connectivity index (χ1n) is 5.62. The molecule has 3 rings (SSSR count). The fourth-order valence-corrected chi connectivity index (χ4v) is 2.02. The smallest absolute Gasteiger partial charge is 0.321 e. The lowest BCUT2D eigenvalue weighted by molar-refractivity contribution is -0.384. The molecule has 0 saturated heterocycles. The summed E-state index contributed by atoms with van der Waals surface area (Å²) in [5.41, 5.74) is 0.874. The number of phenolic OH excluding ortho intramolecular Hbond substituents is 1. The molecule has 3 aromatic rings. The van der Waals surface area contributed by atoms with Crippen molar-refractivity contribution in [2.75, 3.05) is 0 Å². The summed E-state index contributed by atoms with van der Waals surface area (Å²) in [6, 6.07) is 13.6. The summed E-state index contributed by atoms with van der Waals surface area (Å²) >= 11 is 0. The Morgan fingerprint density at radius 3 is 2.53 bits per heavy atom. The quantitative estimate of drug-likeness (QED) is 0.559. The van der Waals surface area contributed by atoms with E-state index >= 15 is 0 Å². The van der Waals surface area contributed by atoms with Crippen molar-refractivity contribution in [3.8, 4) is 17.1 Å². The van der Waals surface area contributed by atoms with Crippen LogP contribution >= 0.6 is 0 Å². The first-order valence-corrected chi connectivity index (χ1v) is 5.62. The van der Waals surface area contributed by atoms with E-state index in [-0.39, 0.29) is 11.4 Å². The largest absolute Gasteiger partial charge is 0.502 e. The van der Waals surface area contributed by atoms with E-state index in [9.17, 15) is 15.2 Å². The number of fused-ring (bicyclic) bond motifs is 1. The molecule has 0 saturated carbocycles. The van der Waals surface area contributed by atoms with Gasteiger partial charge in [0.15, 0.2) is 5.75 Å². The molecule has 1 N–H and O–H groups in total. The van der Waals surface area contributed by atoms with Crippen LogP contribution in [0.2, 0.25) is 0 Å². The van der Waals surface area contributed by atoms with Gasteiger partial charge < -0.3 is 9.52 Å². The van der Waals surface area contributed by atoms with Crippen molar-refractivity contribution in [1.29, 1.82) is 0 Å². The standard InChI is InChI=1S/C14H9NO4/c16-11-6-7-12-10(14(11)15(17)18)8-13(19-12)9-4-2-1-3-5-9/h1-8,16H. The summed E-state index contributed by atoms with van der Waals surface area (Å²) in [6.07, 6.45) is 0. The van der Waals surface area contributed by atoms with Gasteiger partial charge in [-0.3, -0.25) is 10.1 Å². The third kappa shape index (κ3) is 1.81. The molecule has 0 spiro atoms. The third-order valence-corrected chi connectivity index (χ3v) is 2.89. The van der Waals surface area contributed by atoms with E-state index in [0.717, 1.165) is 5.56 Å². The van der Waals surface area contributed by atoms with Gasteiger partial charge in [0, 0.05) is 5.56 Å². The lowest BCUT2D eigenvalue weighted by atomic mass is 10.1. The highest BCUT2D eigenvalue weighted by atomic mass is 16.6. The van der Waals surface area contributed by atoms with Gasteiger partial charge in [0.25, 0.3) is 0 Å². The number of aromatic hydroxyl groups is 1. The fourth-order valence-electron chi connectivity index (χ4n) is 2.02. The summed E-state index contributed by atoms with van der Waals surface area (Å²) in [5.74, 6) is 0.169. The molecule has 0 amide bonds. The molecule has 0 fully saturated rings. The first kappa shape index (κ1) is 11.3. The van der Waals surface area contributed by atoms with E-state index in [1.165, 1.54) is 12.1 Å². The second-order valence-corrected chi connectivity index (χ2v) is 4.08. The zero-order valence-electron chi connectivity index (χ0n) is 9.74. The Balaban J connectivity index is 2.27. The van der Waals surface area contributed by atoms with Gasteiger partial charge in [-0.1, -0.05) is 30.3 Å². The molecule has 5 nitrogen and oxygen atoms in total. The maximum absolute atomic E-state index is 11.0. The Bertz CT molecular complexity index is 762. The van der Waals surface area contributed by atoms with Crippen LogP contribution in [0.15, 0.2) is 52.9 Å². The maximum atomic E-state index is 11.0. The van der Waals surface area contributed by atoms with Crippen LogP contribution in [0, 0.1) is 10.1 Å². The minimum atomic E-state index is -0.609. The number of nitro groups is 1. The van der Waals surface area contributed by atoms with E-state index in [1.54, 1.807) is 6.07 Å². The highest BCUT2D eigenvalue weighted by Crippen LogP contribution is 2.38. The molecular formula is C14H9NO4. The van der Waals surface area contributed by atoms with Crippen molar-refractivity contribution in [2.24, 2.45) is 0 Å². The number of nitro benzene ring substituents is 1. The Morgan fingerprint density at radius 2 is 1.84 bits per heavy atom. The highest BCUT2D eigenvalue weighted by Gasteiger charge is 2.21. The summed E-state index contributed by atoms with van der Waals surface area (Å²) in [4.78, 5) is 10.4. The predicted octanol–water partition coefficient (Wildman–Crippen LogP) is 3.71. The van der Waals surface area contributed by atoms with Crippen LogP contribution in [-0.2, 0) is 0 Å². The Morgan fingerprint density at radius 1 is 1.11 bits per heavy atom. The molecule has 1 heterocycles. The minimum Gasteiger partial charge on any atom is -0.502 e. The second kappa shape index (κ2) is 4.13. The normalized spacial score (nSPS) is 10.7. The van der Waals surface area contributed by atoms with Crippen molar-refractivity contribution < 1.29 is 14.4 Å². The van der Waals surface area contributed by atoms with E-state index in [4.69, 9.17) is 4.42 Å². The number of benzene rings is 2.